The molecule has 1 heterocycles. The third-order valence-corrected chi connectivity index (χ3v) is 2.58. The molecule has 1 N–H and O–H groups in total. The molecule has 0 aromatic carbocycles. The largest absolute Gasteiger partial charge is 0.453 e. The normalized spacial score (nSPS) is 20.2. The van der Waals surface area contributed by atoms with Crippen LogP contribution in [0.25, 0.3) is 10.4 Å². The number of hydrogen-bond donors (Lipinski definition) is 1. The molecule has 0 radical (unpaired) electrons. The van der Waals surface area contributed by atoms with Gasteiger partial charge in [-0.2, -0.15) is 0 Å². The zero-order chi connectivity index (χ0) is 11.8. The molecule has 1 atom stereocenters. The highest BCUT2D eigenvalue weighted by atomic mass is 16.5. The fraction of sp³-hybridized carbons (Fsp3) is 0.889. The summed E-state index contributed by atoms with van der Waals surface area (Å²) in [5.41, 5.74) is 8.11. The first-order valence-electron chi connectivity index (χ1n) is 5.34. The van der Waals surface area contributed by atoms with Gasteiger partial charge in [-0.1, -0.05) is 5.11 Å². The van der Waals surface area contributed by atoms with E-state index in [1.807, 2.05) is 0 Å². The van der Waals surface area contributed by atoms with Crippen molar-refractivity contribution in [2.75, 3.05) is 33.3 Å². The van der Waals surface area contributed by atoms with Gasteiger partial charge in [-0.15, -0.1) is 0 Å². The van der Waals surface area contributed by atoms with Gasteiger partial charge < -0.3 is 15.0 Å². The molecule has 1 fully saturated rings. The Morgan fingerprint density at radius 3 is 3.25 bits per heavy atom. The molecule has 0 aliphatic carbocycles. The Bertz CT molecular complexity index is 277. The number of hydrogen-bond acceptors (Lipinski definition) is 4. The van der Waals surface area contributed by atoms with Crippen LogP contribution in [0.3, 0.4) is 0 Å². The highest BCUT2D eigenvalue weighted by Crippen LogP contribution is 2.09. The highest BCUT2D eigenvalue weighted by Gasteiger charge is 2.23. The number of rotatable bonds is 5. The molecule has 1 rings (SSSR count). The van der Waals surface area contributed by atoms with Crippen LogP contribution in [0.15, 0.2) is 5.11 Å². The average Bonchev–Trinajstić information content (AvgIpc) is 2.72. The van der Waals surface area contributed by atoms with Crippen LogP contribution < -0.4 is 5.32 Å². The third-order valence-electron chi connectivity index (χ3n) is 2.58. The smallest absolute Gasteiger partial charge is 0.407 e. The molecular weight excluding hydrogens is 210 g/mol. The van der Waals surface area contributed by atoms with Gasteiger partial charge in [0.25, 0.3) is 0 Å². The molecule has 0 saturated carbocycles. The lowest BCUT2D eigenvalue weighted by Crippen LogP contribution is -2.37. The minimum absolute atomic E-state index is 0.173. The van der Waals surface area contributed by atoms with E-state index in [0.717, 1.165) is 32.5 Å². The van der Waals surface area contributed by atoms with E-state index in [1.54, 1.807) is 0 Å². The summed E-state index contributed by atoms with van der Waals surface area (Å²) in [6.07, 6.45) is 1.42. The highest BCUT2D eigenvalue weighted by molar-refractivity contribution is 5.67. The van der Waals surface area contributed by atoms with Gasteiger partial charge >= 0.3 is 6.09 Å². The molecular formula is C9H17N5O2. The van der Waals surface area contributed by atoms with Crippen molar-refractivity contribution in [3.8, 4) is 0 Å². The number of amides is 1. The van der Waals surface area contributed by atoms with Gasteiger partial charge in [-0.25, -0.2) is 4.79 Å². The van der Waals surface area contributed by atoms with Crippen LogP contribution >= 0.6 is 0 Å². The summed E-state index contributed by atoms with van der Waals surface area (Å²) in [5, 5.41) is 6.25. The Morgan fingerprint density at radius 1 is 1.75 bits per heavy atom. The predicted molar refractivity (Wildman–Crippen MR) is 59.0 cm³/mol. The minimum atomic E-state index is -0.374. The first-order chi connectivity index (χ1) is 7.76. The number of ether oxygens (including phenoxy) is 1. The fourth-order valence-corrected chi connectivity index (χ4v) is 1.79. The van der Waals surface area contributed by atoms with E-state index in [-0.39, 0.29) is 12.1 Å². The van der Waals surface area contributed by atoms with E-state index < -0.39 is 0 Å². The Labute approximate surface area is 94.4 Å². The fourth-order valence-electron chi connectivity index (χ4n) is 1.79. The zero-order valence-electron chi connectivity index (χ0n) is 9.43. The van der Waals surface area contributed by atoms with Crippen molar-refractivity contribution in [2.45, 2.75) is 18.9 Å². The summed E-state index contributed by atoms with van der Waals surface area (Å²) in [6, 6.07) is 0.173. The van der Waals surface area contributed by atoms with Gasteiger partial charge in [0.15, 0.2) is 0 Å². The molecule has 0 spiro atoms. The molecule has 1 unspecified atom stereocenters. The van der Waals surface area contributed by atoms with E-state index in [0.29, 0.717) is 6.54 Å². The summed E-state index contributed by atoms with van der Waals surface area (Å²) in [6.45, 7) is 3.23. The second-order valence-electron chi connectivity index (χ2n) is 3.73. The van der Waals surface area contributed by atoms with Gasteiger partial charge in [0.2, 0.25) is 0 Å². The summed E-state index contributed by atoms with van der Waals surface area (Å²) in [4.78, 5) is 15.9. The summed E-state index contributed by atoms with van der Waals surface area (Å²) in [5.74, 6) is 0. The summed E-state index contributed by atoms with van der Waals surface area (Å²) >= 11 is 0. The second-order valence-corrected chi connectivity index (χ2v) is 3.73. The van der Waals surface area contributed by atoms with Crippen LogP contribution in [-0.2, 0) is 4.74 Å². The SMILES string of the molecule is COC(=O)NC1CCN(CCCN=[N+]=[N-])C1. The average molecular weight is 227 g/mol. The maximum atomic E-state index is 11.0. The van der Waals surface area contributed by atoms with Crippen molar-refractivity contribution < 1.29 is 9.53 Å². The number of likely N-dealkylation sites (tertiary alicyclic amines) is 1. The van der Waals surface area contributed by atoms with Crippen molar-refractivity contribution >= 4 is 6.09 Å². The molecule has 0 bridgehead atoms. The number of alkyl carbamates (subject to hydrolysis) is 1. The van der Waals surface area contributed by atoms with Crippen LogP contribution in [0, 0.1) is 0 Å². The third kappa shape index (κ3) is 4.37. The Balaban J connectivity index is 2.14. The van der Waals surface area contributed by atoms with Crippen LogP contribution in [0.5, 0.6) is 0 Å². The molecule has 1 aliphatic rings. The number of nitrogens with one attached hydrogen (secondary N) is 1. The first kappa shape index (κ1) is 12.6. The molecule has 0 aromatic heterocycles. The Kier molecular flexibility index (Phi) is 5.45. The van der Waals surface area contributed by atoms with Gasteiger partial charge in [0, 0.05) is 30.6 Å². The first-order valence-corrected chi connectivity index (χ1v) is 5.34. The minimum Gasteiger partial charge on any atom is -0.453 e. The number of azide groups is 1. The van der Waals surface area contributed by atoms with Crippen molar-refractivity contribution in [3.63, 3.8) is 0 Å². The van der Waals surface area contributed by atoms with E-state index in [4.69, 9.17) is 5.53 Å². The van der Waals surface area contributed by atoms with Crippen molar-refractivity contribution in [2.24, 2.45) is 5.11 Å². The standard InChI is InChI=1S/C9H17N5O2/c1-16-9(15)12-8-3-6-14(7-8)5-2-4-11-13-10/h8H,2-7H2,1H3,(H,12,15). The topological polar surface area (TPSA) is 90.3 Å². The molecule has 90 valence electrons. The quantitative estimate of drug-likeness (QED) is 0.330. The number of nitrogens with zero attached hydrogens (tertiary/aromatic N) is 4. The van der Waals surface area contributed by atoms with E-state index in [9.17, 15) is 4.79 Å². The van der Waals surface area contributed by atoms with E-state index >= 15 is 0 Å². The molecule has 7 nitrogen and oxygen atoms in total. The van der Waals surface area contributed by atoms with Gasteiger partial charge in [0.05, 0.1) is 7.11 Å². The zero-order valence-corrected chi connectivity index (χ0v) is 9.43. The van der Waals surface area contributed by atoms with Crippen molar-refractivity contribution in [3.05, 3.63) is 10.4 Å². The molecule has 1 amide bonds. The summed E-state index contributed by atoms with van der Waals surface area (Å²) in [7, 11) is 1.36. The molecule has 0 aromatic rings. The van der Waals surface area contributed by atoms with Gasteiger partial charge in [0.1, 0.15) is 0 Å². The Morgan fingerprint density at radius 2 is 2.56 bits per heavy atom. The van der Waals surface area contributed by atoms with Crippen molar-refractivity contribution in [1.82, 2.24) is 10.2 Å². The second kappa shape index (κ2) is 6.92. The van der Waals surface area contributed by atoms with E-state index in [1.165, 1.54) is 7.11 Å². The van der Waals surface area contributed by atoms with Crippen LogP contribution in [0.2, 0.25) is 0 Å². The molecule has 7 heteroatoms. The number of carbonyl (C=O) groups excluding carboxylic acids is 1. The van der Waals surface area contributed by atoms with Gasteiger partial charge in [-0.3, -0.25) is 0 Å². The van der Waals surface area contributed by atoms with E-state index in [2.05, 4.69) is 25.0 Å². The Hall–Kier alpha value is -1.46. The van der Waals surface area contributed by atoms with Crippen LogP contribution in [-0.4, -0.2) is 50.3 Å². The molecule has 1 saturated heterocycles. The van der Waals surface area contributed by atoms with Crippen LogP contribution in [0.4, 0.5) is 4.79 Å². The number of carbonyl (C=O) groups is 1. The maximum absolute atomic E-state index is 11.0. The maximum Gasteiger partial charge on any atom is 0.407 e. The van der Waals surface area contributed by atoms with Gasteiger partial charge in [-0.05, 0) is 24.9 Å². The lowest BCUT2D eigenvalue weighted by molar-refractivity contribution is 0.166. The lowest BCUT2D eigenvalue weighted by Gasteiger charge is -2.15. The monoisotopic (exact) mass is 227 g/mol. The molecule has 1 aliphatic heterocycles. The van der Waals surface area contributed by atoms with Crippen LogP contribution in [0.1, 0.15) is 12.8 Å². The summed E-state index contributed by atoms with van der Waals surface area (Å²) < 4.78 is 4.54. The molecule has 16 heavy (non-hydrogen) atoms. The predicted octanol–water partition coefficient (Wildman–Crippen LogP) is 1.12. The lowest BCUT2D eigenvalue weighted by atomic mass is 10.3. The number of methoxy groups -OCH3 is 1. The van der Waals surface area contributed by atoms with Crippen molar-refractivity contribution in [1.29, 1.82) is 0 Å².